The summed E-state index contributed by atoms with van der Waals surface area (Å²) in [5, 5.41) is 5.33. The zero-order chi connectivity index (χ0) is 12.8. The second kappa shape index (κ2) is 7.07. The van der Waals surface area contributed by atoms with Gasteiger partial charge in [0.25, 0.3) is 0 Å². The van der Waals surface area contributed by atoms with Crippen LogP contribution >= 0.6 is 50.7 Å². The van der Waals surface area contributed by atoms with Crippen LogP contribution in [0.2, 0.25) is 0 Å². The second-order valence-electron chi connectivity index (χ2n) is 2.78. The van der Waals surface area contributed by atoms with Gasteiger partial charge in [-0.15, -0.1) is 0 Å². The van der Waals surface area contributed by atoms with Crippen molar-refractivity contribution in [2.24, 2.45) is 0 Å². The summed E-state index contributed by atoms with van der Waals surface area (Å²) in [7, 11) is 0. The van der Waals surface area contributed by atoms with Crippen molar-refractivity contribution in [1.29, 1.82) is 0 Å². The molecule has 1 aromatic heterocycles. The van der Waals surface area contributed by atoms with Crippen molar-refractivity contribution in [3.05, 3.63) is 20.3 Å². The fourth-order valence-electron chi connectivity index (χ4n) is 0.905. The van der Waals surface area contributed by atoms with Crippen LogP contribution in [0.3, 0.4) is 0 Å². The summed E-state index contributed by atoms with van der Waals surface area (Å²) in [6.07, 6.45) is 1.05. The molecule has 0 aliphatic heterocycles. The molecule has 92 valence electrons. The van der Waals surface area contributed by atoms with Crippen molar-refractivity contribution in [2.75, 3.05) is 11.9 Å². The van der Waals surface area contributed by atoms with Gasteiger partial charge in [0.2, 0.25) is 0 Å². The van der Waals surface area contributed by atoms with E-state index in [1.54, 1.807) is 13.1 Å². The summed E-state index contributed by atoms with van der Waals surface area (Å²) >= 11 is 10.4. The van der Waals surface area contributed by atoms with Crippen molar-refractivity contribution < 1.29 is 9.53 Å². The van der Waals surface area contributed by atoms with E-state index in [2.05, 4.69) is 54.1 Å². The van der Waals surface area contributed by atoms with Crippen molar-refractivity contribution in [2.45, 2.75) is 6.92 Å². The number of pyridine rings is 1. The van der Waals surface area contributed by atoms with Crippen LogP contribution in [0.25, 0.3) is 0 Å². The van der Waals surface area contributed by atoms with Gasteiger partial charge in [-0.3, -0.25) is 5.32 Å². The number of hydrogen-bond acceptors (Lipinski definition) is 4. The molecule has 0 aromatic carbocycles. The summed E-state index contributed by atoms with van der Waals surface area (Å²) in [6.45, 7) is 2.01. The molecule has 0 bridgehead atoms. The minimum atomic E-state index is -0.586. The Balaban J connectivity index is 2.59. The fraction of sp³-hybridized carbons (Fsp3) is 0.222. The largest absolute Gasteiger partial charge is 0.450 e. The normalized spacial score (nSPS) is 9.59. The Morgan fingerprint density at radius 2 is 2.41 bits per heavy atom. The SMILES string of the molecule is CCOC(=O)NC(=S)Nc1ncc(Br)cc1I. The van der Waals surface area contributed by atoms with E-state index in [1.165, 1.54) is 0 Å². The lowest BCUT2D eigenvalue weighted by Crippen LogP contribution is -2.35. The van der Waals surface area contributed by atoms with Gasteiger partial charge >= 0.3 is 6.09 Å². The Kier molecular flexibility index (Phi) is 6.06. The van der Waals surface area contributed by atoms with E-state index in [9.17, 15) is 4.79 Å². The van der Waals surface area contributed by atoms with Crippen LogP contribution in [0.15, 0.2) is 16.7 Å². The van der Waals surface area contributed by atoms with Crippen LogP contribution in [0.5, 0.6) is 0 Å². The number of amides is 1. The number of carbonyl (C=O) groups is 1. The van der Waals surface area contributed by atoms with Crippen molar-refractivity contribution in [3.63, 3.8) is 0 Å². The maximum atomic E-state index is 11.1. The van der Waals surface area contributed by atoms with Gasteiger partial charge in [0.15, 0.2) is 5.11 Å². The van der Waals surface area contributed by atoms with Crippen molar-refractivity contribution in [1.82, 2.24) is 10.3 Å². The third-order valence-corrected chi connectivity index (χ3v) is 2.99. The van der Waals surface area contributed by atoms with Crippen LogP contribution in [0, 0.1) is 3.57 Å². The highest BCUT2D eigenvalue weighted by Gasteiger charge is 2.07. The molecule has 0 unspecified atom stereocenters. The number of hydrogen-bond donors (Lipinski definition) is 2. The van der Waals surface area contributed by atoms with E-state index in [-0.39, 0.29) is 5.11 Å². The lowest BCUT2D eigenvalue weighted by molar-refractivity contribution is 0.158. The van der Waals surface area contributed by atoms with Gasteiger partial charge in [-0.1, -0.05) is 0 Å². The molecule has 1 amide bonds. The third-order valence-electron chi connectivity index (χ3n) is 1.53. The highest BCUT2D eigenvalue weighted by Crippen LogP contribution is 2.19. The number of thiocarbonyl (C=S) groups is 1. The molecule has 0 aliphatic rings. The number of alkyl carbamates (subject to hydrolysis) is 1. The first-order chi connectivity index (χ1) is 8.02. The topological polar surface area (TPSA) is 63.2 Å². The monoisotopic (exact) mass is 429 g/mol. The number of nitrogens with one attached hydrogen (secondary N) is 2. The molecule has 1 heterocycles. The maximum absolute atomic E-state index is 11.1. The molecule has 0 atom stereocenters. The number of carbonyl (C=O) groups excluding carboxylic acids is 1. The average molecular weight is 430 g/mol. The van der Waals surface area contributed by atoms with Gasteiger partial charge in [-0.2, -0.15) is 0 Å². The van der Waals surface area contributed by atoms with Gasteiger partial charge in [-0.25, -0.2) is 9.78 Å². The quantitative estimate of drug-likeness (QED) is 0.559. The Morgan fingerprint density at radius 1 is 1.71 bits per heavy atom. The summed E-state index contributed by atoms with van der Waals surface area (Å²) in [4.78, 5) is 15.2. The predicted octanol–water partition coefficient (Wildman–Crippen LogP) is 2.89. The Labute approximate surface area is 126 Å². The average Bonchev–Trinajstić information content (AvgIpc) is 2.22. The predicted molar refractivity (Wildman–Crippen MR) is 81.0 cm³/mol. The van der Waals surface area contributed by atoms with Gasteiger partial charge in [-0.05, 0) is 63.7 Å². The first-order valence-electron chi connectivity index (χ1n) is 4.58. The summed E-state index contributed by atoms with van der Waals surface area (Å²) in [5.41, 5.74) is 0. The lowest BCUT2D eigenvalue weighted by Gasteiger charge is -2.09. The standard InChI is InChI=1S/C9H9BrIN3O2S/c1-2-16-9(15)14-8(17)13-7-6(11)3-5(10)4-12-7/h3-4H,2H2,1H3,(H2,12,13,14,15,17). The molecule has 0 spiro atoms. The molecule has 1 rings (SSSR count). The molecule has 0 saturated carbocycles. The number of aromatic nitrogens is 1. The zero-order valence-electron chi connectivity index (χ0n) is 8.79. The molecule has 0 radical (unpaired) electrons. The second-order valence-corrected chi connectivity index (χ2v) is 5.27. The molecule has 0 aliphatic carbocycles. The molecule has 0 fully saturated rings. The van der Waals surface area contributed by atoms with Gasteiger partial charge in [0.1, 0.15) is 5.82 Å². The minimum Gasteiger partial charge on any atom is -0.450 e. The van der Waals surface area contributed by atoms with E-state index < -0.39 is 6.09 Å². The van der Waals surface area contributed by atoms with E-state index >= 15 is 0 Å². The summed E-state index contributed by atoms with van der Waals surface area (Å²) in [6, 6.07) is 1.88. The highest BCUT2D eigenvalue weighted by molar-refractivity contribution is 14.1. The van der Waals surface area contributed by atoms with E-state index in [0.29, 0.717) is 12.4 Å². The smallest absolute Gasteiger partial charge is 0.413 e. The number of rotatable bonds is 2. The van der Waals surface area contributed by atoms with E-state index in [1.807, 2.05) is 6.07 Å². The summed E-state index contributed by atoms with van der Waals surface area (Å²) in [5.74, 6) is 0.579. The molecule has 1 aromatic rings. The van der Waals surface area contributed by atoms with Crippen molar-refractivity contribution in [3.8, 4) is 0 Å². The van der Waals surface area contributed by atoms with Crippen LogP contribution in [-0.4, -0.2) is 22.8 Å². The first kappa shape index (κ1) is 14.6. The Hall–Kier alpha value is -0.480. The molecule has 0 saturated heterocycles. The number of nitrogens with zero attached hydrogens (tertiary/aromatic N) is 1. The van der Waals surface area contributed by atoms with Crippen molar-refractivity contribution >= 4 is 67.8 Å². The van der Waals surface area contributed by atoms with E-state index in [4.69, 9.17) is 17.0 Å². The van der Waals surface area contributed by atoms with Crippen LogP contribution < -0.4 is 10.6 Å². The molecule has 17 heavy (non-hydrogen) atoms. The molecular formula is C9H9BrIN3O2S. The van der Waals surface area contributed by atoms with E-state index in [0.717, 1.165) is 8.04 Å². The molecule has 8 heteroatoms. The third kappa shape index (κ3) is 5.13. The fourth-order valence-corrected chi connectivity index (χ4v) is 2.45. The number of halogens is 2. The van der Waals surface area contributed by atoms with Gasteiger partial charge in [0, 0.05) is 10.7 Å². The van der Waals surface area contributed by atoms with Crippen LogP contribution in [-0.2, 0) is 4.74 Å². The number of ether oxygens (including phenoxy) is 1. The van der Waals surface area contributed by atoms with Gasteiger partial charge < -0.3 is 10.1 Å². The van der Waals surface area contributed by atoms with Crippen LogP contribution in [0.4, 0.5) is 10.6 Å². The molecule has 2 N–H and O–H groups in total. The lowest BCUT2D eigenvalue weighted by atomic mass is 10.5. The van der Waals surface area contributed by atoms with Crippen LogP contribution in [0.1, 0.15) is 6.92 Å². The Bertz CT molecular complexity index is 444. The zero-order valence-corrected chi connectivity index (χ0v) is 13.3. The molecule has 5 nitrogen and oxygen atoms in total. The maximum Gasteiger partial charge on any atom is 0.413 e. The summed E-state index contributed by atoms with van der Waals surface area (Å²) < 4.78 is 6.44. The van der Waals surface area contributed by atoms with Gasteiger partial charge in [0.05, 0.1) is 10.2 Å². The highest BCUT2D eigenvalue weighted by atomic mass is 127. The number of anilines is 1. The first-order valence-corrected chi connectivity index (χ1v) is 6.86. The molecular weight excluding hydrogens is 421 g/mol. The Morgan fingerprint density at radius 3 is 3.00 bits per heavy atom. The minimum absolute atomic E-state index is 0.149.